The van der Waals surface area contributed by atoms with Crippen LogP contribution < -0.4 is 4.74 Å². The highest BCUT2D eigenvalue weighted by Crippen LogP contribution is 2.18. The van der Waals surface area contributed by atoms with Crippen LogP contribution in [-0.2, 0) is 6.61 Å². The minimum absolute atomic E-state index is 0.548. The number of pyridine rings is 1. The lowest BCUT2D eigenvalue weighted by Crippen LogP contribution is -1.96. The number of nitrogens with zero attached hydrogens (tertiary/aromatic N) is 1. The van der Waals surface area contributed by atoms with E-state index in [0.717, 1.165) is 15.8 Å². The minimum atomic E-state index is 0.548. The van der Waals surface area contributed by atoms with E-state index in [1.54, 1.807) is 12.4 Å². The zero-order valence-electron chi connectivity index (χ0n) is 8.98. The Balaban J connectivity index is 2.05. The number of hydrogen-bond acceptors (Lipinski definition) is 2. The van der Waals surface area contributed by atoms with E-state index in [9.17, 15) is 0 Å². The Morgan fingerprint density at radius 2 is 2.19 bits per heavy atom. The van der Waals surface area contributed by atoms with Crippen molar-refractivity contribution in [3.63, 3.8) is 0 Å². The molecule has 0 aliphatic heterocycles. The number of rotatable bonds is 3. The summed E-state index contributed by atoms with van der Waals surface area (Å²) in [4.78, 5) is 4.01. The molecular formula is C13H12BrNO. The Morgan fingerprint density at radius 3 is 2.94 bits per heavy atom. The maximum absolute atomic E-state index is 5.70. The van der Waals surface area contributed by atoms with Gasteiger partial charge in [0.15, 0.2) is 0 Å². The molecule has 82 valence electrons. The van der Waals surface area contributed by atoms with Crippen LogP contribution in [0.3, 0.4) is 0 Å². The van der Waals surface area contributed by atoms with Gasteiger partial charge in [-0.3, -0.25) is 4.98 Å². The molecule has 1 aromatic heterocycles. The molecule has 1 heterocycles. The summed E-state index contributed by atoms with van der Waals surface area (Å²) in [5.74, 6) is 0.892. The molecule has 0 spiro atoms. The monoisotopic (exact) mass is 277 g/mol. The SMILES string of the molecule is Cc1cccc(OCc2ccncc2Br)c1. The van der Waals surface area contributed by atoms with E-state index in [2.05, 4.69) is 33.9 Å². The maximum Gasteiger partial charge on any atom is 0.120 e. The van der Waals surface area contributed by atoms with Crippen molar-refractivity contribution in [3.05, 3.63) is 58.3 Å². The third-order valence-corrected chi connectivity index (χ3v) is 2.95. The van der Waals surface area contributed by atoms with Crippen LogP contribution in [0.4, 0.5) is 0 Å². The summed E-state index contributed by atoms with van der Waals surface area (Å²) < 4.78 is 6.67. The van der Waals surface area contributed by atoms with Crippen molar-refractivity contribution in [1.29, 1.82) is 0 Å². The second-order valence-corrected chi connectivity index (χ2v) is 4.43. The van der Waals surface area contributed by atoms with Crippen LogP contribution in [0.15, 0.2) is 47.2 Å². The highest BCUT2D eigenvalue weighted by molar-refractivity contribution is 9.10. The predicted molar refractivity (Wildman–Crippen MR) is 67.4 cm³/mol. The summed E-state index contributed by atoms with van der Waals surface area (Å²) in [6.07, 6.45) is 3.54. The molecule has 1 aromatic carbocycles. The van der Waals surface area contributed by atoms with Gasteiger partial charge in [0.25, 0.3) is 0 Å². The van der Waals surface area contributed by atoms with Gasteiger partial charge in [-0.25, -0.2) is 0 Å². The van der Waals surface area contributed by atoms with E-state index in [-0.39, 0.29) is 0 Å². The molecule has 0 fully saturated rings. The fraction of sp³-hybridized carbons (Fsp3) is 0.154. The fourth-order valence-corrected chi connectivity index (χ4v) is 1.75. The normalized spacial score (nSPS) is 10.1. The van der Waals surface area contributed by atoms with Gasteiger partial charge in [-0.05, 0) is 46.6 Å². The Morgan fingerprint density at radius 1 is 1.31 bits per heavy atom. The molecule has 16 heavy (non-hydrogen) atoms. The lowest BCUT2D eigenvalue weighted by Gasteiger charge is -2.07. The van der Waals surface area contributed by atoms with Crippen molar-refractivity contribution >= 4 is 15.9 Å². The zero-order chi connectivity index (χ0) is 11.4. The molecular weight excluding hydrogens is 266 g/mol. The maximum atomic E-state index is 5.70. The average molecular weight is 278 g/mol. The first-order chi connectivity index (χ1) is 7.75. The van der Waals surface area contributed by atoms with Crippen LogP contribution in [0.5, 0.6) is 5.75 Å². The number of aryl methyl sites for hydroxylation is 1. The standard InChI is InChI=1S/C13H12BrNO/c1-10-3-2-4-12(7-10)16-9-11-5-6-15-8-13(11)14/h2-8H,9H2,1H3. The third kappa shape index (κ3) is 2.83. The summed E-state index contributed by atoms with van der Waals surface area (Å²) >= 11 is 3.44. The molecule has 2 rings (SSSR count). The van der Waals surface area contributed by atoms with Crippen LogP contribution in [-0.4, -0.2) is 4.98 Å². The first-order valence-corrected chi connectivity index (χ1v) is 5.83. The van der Waals surface area contributed by atoms with E-state index < -0.39 is 0 Å². The minimum Gasteiger partial charge on any atom is -0.489 e. The molecule has 0 unspecified atom stereocenters. The van der Waals surface area contributed by atoms with Crippen LogP contribution in [0.1, 0.15) is 11.1 Å². The summed E-state index contributed by atoms with van der Waals surface area (Å²) in [6.45, 7) is 2.60. The highest BCUT2D eigenvalue weighted by Gasteiger charge is 2.00. The van der Waals surface area contributed by atoms with Crippen LogP contribution >= 0.6 is 15.9 Å². The van der Waals surface area contributed by atoms with E-state index >= 15 is 0 Å². The quantitative estimate of drug-likeness (QED) is 0.853. The van der Waals surface area contributed by atoms with Gasteiger partial charge < -0.3 is 4.74 Å². The Labute approximate surface area is 103 Å². The smallest absolute Gasteiger partial charge is 0.120 e. The third-order valence-electron chi connectivity index (χ3n) is 2.24. The second kappa shape index (κ2) is 5.12. The molecule has 0 saturated heterocycles. The van der Waals surface area contributed by atoms with Gasteiger partial charge in [-0.15, -0.1) is 0 Å². The van der Waals surface area contributed by atoms with E-state index in [4.69, 9.17) is 4.74 Å². The predicted octanol–water partition coefficient (Wildman–Crippen LogP) is 3.73. The molecule has 0 saturated carbocycles. The number of halogens is 1. The lowest BCUT2D eigenvalue weighted by molar-refractivity contribution is 0.305. The second-order valence-electron chi connectivity index (χ2n) is 3.57. The summed E-state index contributed by atoms with van der Waals surface area (Å²) in [6, 6.07) is 9.97. The van der Waals surface area contributed by atoms with Gasteiger partial charge in [0.2, 0.25) is 0 Å². The first kappa shape index (κ1) is 11.1. The zero-order valence-corrected chi connectivity index (χ0v) is 10.6. The molecule has 2 nitrogen and oxygen atoms in total. The molecule has 0 bridgehead atoms. The summed E-state index contributed by atoms with van der Waals surface area (Å²) in [5.41, 5.74) is 2.29. The Kier molecular flexibility index (Phi) is 3.57. The lowest BCUT2D eigenvalue weighted by atomic mass is 10.2. The Bertz CT molecular complexity index is 485. The van der Waals surface area contributed by atoms with E-state index in [1.807, 2.05) is 24.3 Å². The molecule has 0 aliphatic rings. The largest absolute Gasteiger partial charge is 0.489 e. The summed E-state index contributed by atoms with van der Waals surface area (Å²) in [7, 11) is 0. The summed E-state index contributed by atoms with van der Waals surface area (Å²) in [5, 5.41) is 0. The average Bonchev–Trinajstić information content (AvgIpc) is 2.28. The van der Waals surface area contributed by atoms with Crippen molar-refractivity contribution < 1.29 is 4.74 Å². The Hall–Kier alpha value is -1.35. The molecule has 0 N–H and O–H groups in total. The van der Waals surface area contributed by atoms with Gasteiger partial charge >= 0.3 is 0 Å². The number of ether oxygens (including phenoxy) is 1. The molecule has 2 aromatic rings. The van der Waals surface area contributed by atoms with Crippen molar-refractivity contribution in [3.8, 4) is 5.75 Å². The van der Waals surface area contributed by atoms with Crippen molar-refractivity contribution in [2.24, 2.45) is 0 Å². The van der Waals surface area contributed by atoms with E-state index in [0.29, 0.717) is 6.61 Å². The fourth-order valence-electron chi connectivity index (χ4n) is 1.39. The topological polar surface area (TPSA) is 22.1 Å². The van der Waals surface area contributed by atoms with Crippen molar-refractivity contribution in [2.75, 3.05) is 0 Å². The van der Waals surface area contributed by atoms with Crippen LogP contribution in [0.2, 0.25) is 0 Å². The van der Waals surface area contributed by atoms with Crippen LogP contribution in [0, 0.1) is 6.92 Å². The molecule has 0 radical (unpaired) electrons. The van der Waals surface area contributed by atoms with Crippen LogP contribution in [0.25, 0.3) is 0 Å². The number of benzene rings is 1. The first-order valence-electron chi connectivity index (χ1n) is 5.03. The number of aromatic nitrogens is 1. The van der Waals surface area contributed by atoms with Gasteiger partial charge in [0.1, 0.15) is 12.4 Å². The van der Waals surface area contributed by atoms with Gasteiger partial charge in [-0.2, -0.15) is 0 Å². The highest BCUT2D eigenvalue weighted by atomic mass is 79.9. The van der Waals surface area contributed by atoms with Crippen molar-refractivity contribution in [1.82, 2.24) is 4.98 Å². The van der Waals surface area contributed by atoms with Gasteiger partial charge in [0.05, 0.1) is 0 Å². The van der Waals surface area contributed by atoms with Gasteiger partial charge in [-0.1, -0.05) is 12.1 Å². The number of hydrogen-bond donors (Lipinski definition) is 0. The molecule has 3 heteroatoms. The molecule has 0 amide bonds. The molecule has 0 atom stereocenters. The van der Waals surface area contributed by atoms with Gasteiger partial charge in [0, 0.05) is 22.4 Å². The molecule has 0 aliphatic carbocycles. The van der Waals surface area contributed by atoms with Crippen molar-refractivity contribution in [2.45, 2.75) is 13.5 Å². The van der Waals surface area contributed by atoms with E-state index in [1.165, 1.54) is 5.56 Å².